The van der Waals surface area contributed by atoms with Crippen LogP contribution in [0.4, 0.5) is 22.0 Å². The van der Waals surface area contributed by atoms with Gasteiger partial charge in [0.05, 0.1) is 0 Å². The van der Waals surface area contributed by atoms with Gasteiger partial charge in [0.15, 0.2) is 0 Å². The maximum Gasteiger partial charge on any atom is 0.499 e. The molecule has 0 aliphatic heterocycles. The van der Waals surface area contributed by atoms with Gasteiger partial charge in [-0.1, -0.05) is 12.1 Å². The van der Waals surface area contributed by atoms with E-state index in [-0.39, 0.29) is 0 Å². The van der Waals surface area contributed by atoms with Crippen molar-refractivity contribution in [3.05, 3.63) is 30.3 Å². The Kier molecular flexibility index (Phi) is 2.64. The van der Waals surface area contributed by atoms with Crippen LogP contribution in [0.2, 0.25) is 0 Å². The fraction of sp³-hybridized carbons (Fsp3) is 0.250. The quantitative estimate of drug-likeness (QED) is 0.683. The van der Waals surface area contributed by atoms with Crippen molar-refractivity contribution in [1.82, 2.24) is 0 Å². The second-order valence-corrected chi connectivity index (χ2v) is 2.35. The summed E-state index contributed by atoms with van der Waals surface area (Å²) < 4.78 is 62.9. The third kappa shape index (κ3) is 2.34. The third-order valence-corrected chi connectivity index (χ3v) is 1.26. The fourth-order valence-corrected chi connectivity index (χ4v) is 0.646. The summed E-state index contributed by atoms with van der Waals surface area (Å²) in [6.45, 7) is 0. The summed E-state index contributed by atoms with van der Waals surface area (Å²) in [6.07, 6.45) is -10.9. The van der Waals surface area contributed by atoms with E-state index in [2.05, 4.69) is 10.8 Å². The molecule has 0 heterocycles. The highest BCUT2D eigenvalue weighted by Crippen LogP contribution is 2.36. The van der Waals surface area contributed by atoms with E-state index in [0.29, 0.717) is 0 Å². The summed E-state index contributed by atoms with van der Waals surface area (Å²) in [5.74, 6) is -0.564. The van der Waals surface area contributed by atoms with Crippen molar-refractivity contribution >= 4 is 0 Å². The Bertz CT molecular complexity index is 292. The van der Waals surface area contributed by atoms with E-state index in [1.165, 1.54) is 12.1 Å². The van der Waals surface area contributed by atoms with Gasteiger partial charge in [-0.15, -0.1) is 0 Å². The normalized spacial score (nSPS) is 12.6. The maximum absolute atomic E-state index is 12.3. The van der Waals surface area contributed by atoms with E-state index >= 15 is 0 Å². The van der Waals surface area contributed by atoms with E-state index in [0.717, 1.165) is 12.1 Å². The first-order valence-electron chi connectivity index (χ1n) is 3.42. The fourth-order valence-electron chi connectivity index (χ4n) is 0.646. The van der Waals surface area contributed by atoms with Gasteiger partial charge in [-0.25, -0.2) is 0 Å². The summed E-state index contributed by atoms with van der Waals surface area (Å²) in [6, 6.07) is 6.70. The molecule has 1 radical (unpaired) electrons. The van der Waals surface area contributed by atoms with E-state index in [9.17, 15) is 22.0 Å². The summed E-state index contributed by atoms with van der Waals surface area (Å²) >= 11 is 0. The molecular formula is C8H4F5O. The van der Waals surface area contributed by atoms with E-state index < -0.39 is 18.0 Å². The smallest absolute Gasteiger partial charge is 0.426 e. The summed E-state index contributed by atoms with van der Waals surface area (Å²) in [5.41, 5.74) is 0. The number of hydrogen-bond donors (Lipinski definition) is 0. The zero-order chi connectivity index (χ0) is 10.8. The molecule has 1 aromatic rings. The number of rotatable bonds is 2. The van der Waals surface area contributed by atoms with Crippen LogP contribution in [0, 0.1) is 6.07 Å². The summed E-state index contributed by atoms with van der Waals surface area (Å²) in [7, 11) is 0. The lowest BCUT2D eigenvalue weighted by molar-refractivity contribution is -0.360. The standard InChI is InChI=1S/C8H4F5O/c9-7(10,11)8(12,13)14-6-4-2-1-3-5-6/h2-5H. The first-order chi connectivity index (χ1) is 6.33. The average molecular weight is 211 g/mol. The molecule has 6 heteroatoms. The molecule has 77 valence electrons. The van der Waals surface area contributed by atoms with Crippen LogP contribution in [0.3, 0.4) is 0 Å². The summed E-state index contributed by atoms with van der Waals surface area (Å²) in [4.78, 5) is 0. The highest BCUT2D eigenvalue weighted by molar-refractivity contribution is 5.20. The first kappa shape index (κ1) is 10.7. The molecule has 0 aromatic heterocycles. The Balaban J connectivity index is 2.79. The molecule has 0 spiro atoms. The van der Waals surface area contributed by atoms with Crippen molar-refractivity contribution in [3.8, 4) is 5.75 Å². The lowest BCUT2D eigenvalue weighted by atomic mass is 10.3. The molecule has 1 aromatic carbocycles. The van der Waals surface area contributed by atoms with Crippen molar-refractivity contribution < 1.29 is 26.7 Å². The Hall–Kier alpha value is -1.33. The molecule has 1 nitrogen and oxygen atoms in total. The zero-order valence-electron chi connectivity index (χ0n) is 6.61. The van der Waals surface area contributed by atoms with Crippen molar-refractivity contribution in [2.75, 3.05) is 0 Å². The predicted octanol–water partition coefficient (Wildman–Crippen LogP) is 3.02. The molecule has 0 fully saturated rings. The van der Waals surface area contributed by atoms with Gasteiger partial charge in [-0.3, -0.25) is 0 Å². The lowest BCUT2D eigenvalue weighted by Crippen LogP contribution is -2.41. The van der Waals surface area contributed by atoms with Gasteiger partial charge < -0.3 is 4.74 Å². The van der Waals surface area contributed by atoms with Gasteiger partial charge >= 0.3 is 12.3 Å². The monoisotopic (exact) mass is 211 g/mol. The minimum absolute atomic E-state index is 0.564. The van der Waals surface area contributed by atoms with Gasteiger partial charge in [-0.2, -0.15) is 22.0 Å². The Morgan fingerprint density at radius 2 is 1.50 bits per heavy atom. The van der Waals surface area contributed by atoms with Gasteiger partial charge in [0.25, 0.3) is 0 Å². The highest BCUT2D eigenvalue weighted by atomic mass is 19.4. The third-order valence-electron chi connectivity index (χ3n) is 1.26. The van der Waals surface area contributed by atoms with Gasteiger partial charge in [0, 0.05) is 0 Å². The number of ether oxygens (including phenoxy) is 1. The molecular weight excluding hydrogens is 207 g/mol. The summed E-state index contributed by atoms with van der Waals surface area (Å²) in [5, 5.41) is 0. The molecule has 0 aliphatic carbocycles. The minimum atomic E-state index is -5.72. The molecule has 0 saturated carbocycles. The van der Waals surface area contributed by atoms with Crippen LogP contribution in [-0.2, 0) is 0 Å². The van der Waals surface area contributed by atoms with Crippen LogP contribution < -0.4 is 4.74 Å². The van der Waals surface area contributed by atoms with Crippen molar-refractivity contribution in [2.45, 2.75) is 12.3 Å². The van der Waals surface area contributed by atoms with Crippen LogP contribution in [0.1, 0.15) is 0 Å². The Morgan fingerprint density at radius 3 is 1.93 bits per heavy atom. The Morgan fingerprint density at radius 1 is 1.00 bits per heavy atom. The minimum Gasteiger partial charge on any atom is -0.426 e. The van der Waals surface area contributed by atoms with Crippen molar-refractivity contribution in [2.24, 2.45) is 0 Å². The SMILES string of the molecule is FC(F)(F)C(F)(F)Oc1cc[c]cc1. The molecule has 0 aliphatic rings. The average Bonchev–Trinajstić information content (AvgIpc) is 2.03. The van der Waals surface area contributed by atoms with E-state index in [1.807, 2.05) is 0 Å². The molecule has 14 heavy (non-hydrogen) atoms. The molecule has 1 rings (SSSR count). The van der Waals surface area contributed by atoms with E-state index in [1.54, 1.807) is 0 Å². The largest absolute Gasteiger partial charge is 0.499 e. The van der Waals surface area contributed by atoms with Gasteiger partial charge in [-0.05, 0) is 18.2 Å². The number of halogens is 5. The van der Waals surface area contributed by atoms with Crippen LogP contribution in [0.5, 0.6) is 5.75 Å². The number of hydrogen-bond acceptors (Lipinski definition) is 1. The topological polar surface area (TPSA) is 9.23 Å². The Labute approximate surface area is 76.1 Å². The highest BCUT2D eigenvalue weighted by Gasteiger charge is 2.61. The predicted molar refractivity (Wildman–Crippen MR) is 36.9 cm³/mol. The zero-order valence-corrected chi connectivity index (χ0v) is 6.61. The maximum atomic E-state index is 12.3. The van der Waals surface area contributed by atoms with E-state index in [4.69, 9.17) is 0 Å². The number of benzene rings is 1. The van der Waals surface area contributed by atoms with Crippen LogP contribution in [-0.4, -0.2) is 12.3 Å². The molecule has 0 unspecified atom stereocenters. The molecule has 0 N–H and O–H groups in total. The second-order valence-electron chi connectivity index (χ2n) is 2.35. The molecule has 0 amide bonds. The molecule has 0 atom stereocenters. The van der Waals surface area contributed by atoms with Crippen molar-refractivity contribution in [1.29, 1.82) is 0 Å². The number of alkyl halides is 5. The molecule has 0 saturated heterocycles. The van der Waals surface area contributed by atoms with Gasteiger partial charge in [0.2, 0.25) is 0 Å². The lowest BCUT2D eigenvalue weighted by Gasteiger charge is -2.19. The second kappa shape index (κ2) is 3.43. The first-order valence-corrected chi connectivity index (χ1v) is 3.42. The van der Waals surface area contributed by atoms with Crippen LogP contribution >= 0.6 is 0 Å². The molecule has 0 bridgehead atoms. The van der Waals surface area contributed by atoms with Crippen molar-refractivity contribution in [3.63, 3.8) is 0 Å². The van der Waals surface area contributed by atoms with Crippen LogP contribution in [0.15, 0.2) is 24.3 Å². The van der Waals surface area contributed by atoms with Gasteiger partial charge in [0.1, 0.15) is 5.75 Å². The van der Waals surface area contributed by atoms with Crippen LogP contribution in [0.25, 0.3) is 0 Å².